The van der Waals surface area contributed by atoms with E-state index >= 15 is 0 Å². The van der Waals surface area contributed by atoms with Crippen molar-refractivity contribution < 1.29 is 23.7 Å². The Morgan fingerprint density at radius 3 is 1.56 bits per heavy atom. The van der Waals surface area contributed by atoms with Gasteiger partial charge in [0.15, 0.2) is 0 Å². The predicted molar refractivity (Wildman–Crippen MR) is 152 cm³/mol. The van der Waals surface area contributed by atoms with Crippen molar-refractivity contribution in [2.24, 2.45) is 5.92 Å². The first-order chi connectivity index (χ1) is 17.7. The van der Waals surface area contributed by atoms with Gasteiger partial charge in [-0.1, -0.05) is 129 Å². The van der Waals surface area contributed by atoms with Crippen molar-refractivity contribution in [3.8, 4) is 0 Å². The van der Waals surface area contributed by atoms with Gasteiger partial charge in [-0.3, -0.25) is 0 Å². The Labute approximate surface area is 224 Å². The summed E-state index contributed by atoms with van der Waals surface area (Å²) >= 11 is 0. The molecule has 0 fully saturated rings. The highest BCUT2D eigenvalue weighted by molar-refractivity contribution is 5.70. The summed E-state index contributed by atoms with van der Waals surface area (Å²) in [6.45, 7) is 7.36. The summed E-state index contributed by atoms with van der Waals surface area (Å²) in [4.78, 5) is 12.0. The smallest absolute Gasteiger partial charge is 0.332 e. The second kappa shape index (κ2) is 30.6. The molecule has 0 aliphatic rings. The minimum atomic E-state index is -0.257. The molecule has 0 aromatic heterocycles. The summed E-state index contributed by atoms with van der Waals surface area (Å²) in [5, 5.41) is 0. The Morgan fingerprint density at radius 1 is 0.528 bits per heavy atom. The van der Waals surface area contributed by atoms with Crippen molar-refractivity contribution >= 4 is 5.97 Å². The third-order valence-electron chi connectivity index (χ3n) is 6.95. The van der Waals surface area contributed by atoms with Crippen LogP contribution in [-0.4, -0.2) is 52.7 Å². The maximum Gasteiger partial charge on any atom is 0.332 e. The summed E-state index contributed by atoms with van der Waals surface area (Å²) < 4.78 is 21.3. The number of methoxy groups -OCH3 is 1. The average Bonchev–Trinajstić information content (AvgIpc) is 2.88. The van der Waals surface area contributed by atoms with Crippen LogP contribution in [0.5, 0.6) is 0 Å². The zero-order valence-electron chi connectivity index (χ0n) is 24.5. The van der Waals surface area contributed by atoms with Gasteiger partial charge in [-0.15, -0.1) is 0 Å². The van der Waals surface area contributed by atoms with Gasteiger partial charge in [0.25, 0.3) is 0 Å². The van der Waals surface area contributed by atoms with Crippen molar-refractivity contribution in [2.45, 2.75) is 142 Å². The van der Waals surface area contributed by atoms with Crippen LogP contribution in [0.1, 0.15) is 142 Å². The van der Waals surface area contributed by atoms with Crippen molar-refractivity contribution in [3.05, 3.63) is 0 Å². The molecule has 36 heavy (non-hydrogen) atoms. The van der Waals surface area contributed by atoms with Gasteiger partial charge >= 0.3 is 5.97 Å². The summed E-state index contributed by atoms with van der Waals surface area (Å²) in [5.74, 6) is 0.423. The summed E-state index contributed by atoms with van der Waals surface area (Å²) in [5.41, 5.74) is 0. The fraction of sp³-hybridized carbons (Fsp3) is 0.968. The number of carbonyl (C=O) groups excluding carboxylic acids is 1. The third kappa shape index (κ3) is 27.9. The maximum atomic E-state index is 12.0. The molecule has 0 bridgehead atoms. The van der Waals surface area contributed by atoms with Gasteiger partial charge in [-0.05, 0) is 18.8 Å². The summed E-state index contributed by atoms with van der Waals surface area (Å²) in [6, 6.07) is 0. The van der Waals surface area contributed by atoms with Crippen molar-refractivity contribution in [3.63, 3.8) is 0 Å². The van der Waals surface area contributed by atoms with Gasteiger partial charge in [0.05, 0.1) is 19.8 Å². The van der Waals surface area contributed by atoms with Crippen molar-refractivity contribution in [1.82, 2.24) is 0 Å². The Hall–Kier alpha value is -0.650. The van der Waals surface area contributed by atoms with Crippen LogP contribution in [0.15, 0.2) is 0 Å². The first-order valence-corrected chi connectivity index (χ1v) is 15.5. The van der Waals surface area contributed by atoms with Crippen molar-refractivity contribution in [1.29, 1.82) is 0 Å². The molecule has 5 heteroatoms. The topological polar surface area (TPSA) is 54.0 Å². The van der Waals surface area contributed by atoms with Gasteiger partial charge < -0.3 is 18.9 Å². The number of hydrogen-bond acceptors (Lipinski definition) is 5. The SMILES string of the molecule is CCCCCCCCCCC(CCCCCCCCCC)CCOC(=O)COCCOCCCOC. The van der Waals surface area contributed by atoms with Crippen LogP contribution in [-0.2, 0) is 23.7 Å². The van der Waals surface area contributed by atoms with Gasteiger partial charge in [0.2, 0.25) is 0 Å². The van der Waals surface area contributed by atoms with E-state index in [1.807, 2.05) is 0 Å². The Bertz CT molecular complexity index is 409. The fourth-order valence-corrected chi connectivity index (χ4v) is 4.63. The maximum absolute atomic E-state index is 12.0. The van der Waals surface area contributed by atoms with Gasteiger partial charge in [0.1, 0.15) is 6.61 Å². The quantitative estimate of drug-likeness (QED) is 0.0709. The van der Waals surface area contributed by atoms with Crippen LogP contribution in [0.3, 0.4) is 0 Å². The van der Waals surface area contributed by atoms with Crippen LogP contribution in [0.25, 0.3) is 0 Å². The zero-order chi connectivity index (χ0) is 26.4. The highest BCUT2D eigenvalue weighted by atomic mass is 16.6. The number of carbonyl (C=O) groups is 1. The van der Waals surface area contributed by atoms with Crippen LogP contribution < -0.4 is 0 Å². The van der Waals surface area contributed by atoms with E-state index in [0.29, 0.717) is 39.0 Å². The van der Waals surface area contributed by atoms with E-state index in [0.717, 1.165) is 12.8 Å². The van der Waals surface area contributed by atoms with E-state index in [9.17, 15) is 4.79 Å². The van der Waals surface area contributed by atoms with Crippen LogP contribution in [0, 0.1) is 5.92 Å². The highest BCUT2D eigenvalue weighted by Gasteiger charge is 2.11. The number of unbranched alkanes of at least 4 members (excludes halogenated alkanes) is 14. The monoisotopic (exact) mass is 514 g/mol. The molecular formula is C31H62O5. The molecule has 0 saturated carbocycles. The molecule has 0 spiro atoms. The van der Waals surface area contributed by atoms with Crippen LogP contribution in [0.2, 0.25) is 0 Å². The standard InChI is InChI=1S/C31H62O5/c1-4-6-8-10-12-14-16-18-21-30(22-19-17-15-13-11-9-7-5-2)23-26-36-31(32)29-35-28-27-34-25-20-24-33-3/h30H,4-29H2,1-3H3. The lowest BCUT2D eigenvalue weighted by Gasteiger charge is -2.17. The average molecular weight is 515 g/mol. The third-order valence-corrected chi connectivity index (χ3v) is 6.95. The zero-order valence-corrected chi connectivity index (χ0v) is 24.5. The summed E-state index contributed by atoms with van der Waals surface area (Å²) in [6.07, 6.45) is 26.3. The fourth-order valence-electron chi connectivity index (χ4n) is 4.63. The number of ether oxygens (including phenoxy) is 4. The van der Waals surface area contributed by atoms with E-state index in [1.165, 1.54) is 116 Å². The van der Waals surface area contributed by atoms with Crippen LogP contribution in [0.4, 0.5) is 0 Å². The molecule has 0 aromatic carbocycles. The van der Waals surface area contributed by atoms with Crippen molar-refractivity contribution in [2.75, 3.05) is 46.8 Å². The second-order valence-electron chi connectivity index (χ2n) is 10.4. The second-order valence-corrected chi connectivity index (χ2v) is 10.4. The Kier molecular flexibility index (Phi) is 30.0. The number of hydrogen-bond donors (Lipinski definition) is 0. The predicted octanol–water partition coefficient (Wildman–Crippen LogP) is 8.67. The highest BCUT2D eigenvalue weighted by Crippen LogP contribution is 2.22. The van der Waals surface area contributed by atoms with E-state index in [2.05, 4.69) is 13.8 Å². The number of rotatable bonds is 30. The lowest BCUT2D eigenvalue weighted by Crippen LogP contribution is -2.17. The van der Waals surface area contributed by atoms with Gasteiger partial charge in [-0.2, -0.15) is 0 Å². The minimum absolute atomic E-state index is 0.0160. The molecule has 0 heterocycles. The Morgan fingerprint density at radius 2 is 1.03 bits per heavy atom. The molecule has 0 N–H and O–H groups in total. The molecule has 216 valence electrons. The molecule has 0 rings (SSSR count). The molecule has 0 aromatic rings. The first-order valence-electron chi connectivity index (χ1n) is 15.5. The molecule has 5 nitrogen and oxygen atoms in total. The van der Waals surface area contributed by atoms with Crippen LogP contribution >= 0.6 is 0 Å². The molecular weight excluding hydrogens is 452 g/mol. The van der Waals surface area contributed by atoms with E-state index < -0.39 is 0 Å². The normalized spacial score (nSPS) is 11.4. The Balaban J connectivity index is 3.97. The molecule has 0 saturated heterocycles. The molecule has 0 unspecified atom stereocenters. The minimum Gasteiger partial charge on any atom is -0.464 e. The molecule has 0 amide bonds. The molecule has 0 aliphatic heterocycles. The van der Waals surface area contributed by atoms with Gasteiger partial charge in [0, 0.05) is 20.3 Å². The molecule has 0 aliphatic carbocycles. The lowest BCUT2D eigenvalue weighted by atomic mass is 9.91. The first kappa shape index (κ1) is 35.4. The summed E-state index contributed by atoms with van der Waals surface area (Å²) in [7, 11) is 1.68. The van der Waals surface area contributed by atoms with E-state index in [4.69, 9.17) is 18.9 Å². The van der Waals surface area contributed by atoms with Gasteiger partial charge in [-0.25, -0.2) is 4.79 Å². The molecule has 0 atom stereocenters. The largest absolute Gasteiger partial charge is 0.464 e. The molecule has 0 radical (unpaired) electrons. The van der Waals surface area contributed by atoms with E-state index in [-0.39, 0.29) is 12.6 Å². The number of esters is 1. The lowest BCUT2D eigenvalue weighted by molar-refractivity contribution is -0.149. The van der Waals surface area contributed by atoms with E-state index in [1.54, 1.807) is 7.11 Å².